The summed E-state index contributed by atoms with van der Waals surface area (Å²) in [6.45, 7) is 7.03. The van der Waals surface area contributed by atoms with E-state index in [2.05, 4.69) is 23.9 Å². The highest BCUT2D eigenvalue weighted by molar-refractivity contribution is 7.87. The predicted molar refractivity (Wildman–Crippen MR) is 72.5 cm³/mol. The van der Waals surface area contributed by atoms with Crippen molar-refractivity contribution < 1.29 is 8.42 Å². The molecule has 1 heterocycles. The fourth-order valence-electron chi connectivity index (χ4n) is 2.90. The van der Waals surface area contributed by atoms with Crippen molar-refractivity contribution in [3.63, 3.8) is 0 Å². The Morgan fingerprint density at radius 2 is 1.83 bits per heavy atom. The van der Waals surface area contributed by atoms with Gasteiger partial charge in [0.25, 0.3) is 10.2 Å². The molecule has 18 heavy (non-hydrogen) atoms. The molecule has 0 aromatic heterocycles. The third-order valence-corrected chi connectivity index (χ3v) is 6.07. The lowest BCUT2D eigenvalue weighted by Crippen LogP contribution is -2.54. The molecule has 2 rings (SSSR count). The van der Waals surface area contributed by atoms with Crippen LogP contribution < -0.4 is 10.0 Å². The maximum absolute atomic E-state index is 12.3. The van der Waals surface area contributed by atoms with Crippen LogP contribution in [0.2, 0.25) is 0 Å². The molecule has 0 spiro atoms. The smallest absolute Gasteiger partial charge is 0.279 e. The van der Waals surface area contributed by atoms with Gasteiger partial charge in [0, 0.05) is 32.2 Å². The Labute approximate surface area is 110 Å². The second-order valence-corrected chi connectivity index (χ2v) is 7.35. The van der Waals surface area contributed by atoms with Crippen LogP contribution in [-0.2, 0) is 10.2 Å². The maximum Gasteiger partial charge on any atom is 0.279 e. The molecule has 6 heteroatoms. The predicted octanol–water partition coefficient (Wildman–Crippen LogP) is 0.551. The van der Waals surface area contributed by atoms with E-state index in [1.54, 1.807) is 4.31 Å². The molecule has 1 aliphatic heterocycles. The first-order chi connectivity index (χ1) is 8.50. The van der Waals surface area contributed by atoms with Gasteiger partial charge in [-0.05, 0) is 18.3 Å². The van der Waals surface area contributed by atoms with Gasteiger partial charge in [0.05, 0.1) is 0 Å². The zero-order valence-electron chi connectivity index (χ0n) is 11.4. The zero-order chi connectivity index (χ0) is 13.2. The van der Waals surface area contributed by atoms with Gasteiger partial charge < -0.3 is 5.32 Å². The summed E-state index contributed by atoms with van der Waals surface area (Å²) in [5.74, 6) is 1.03. The van der Waals surface area contributed by atoms with E-state index in [1.165, 1.54) is 6.42 Å². The van der Waals surface area contributed by atoms with E-state index >= 15 is 0 Å². The van der Waals surface area contributed by atoms with Gasteiger partial charge in [0.1, 0.15) is 0 Å². The molecule has 3 unspecified atom stereocenters. The Kier molecular flexibility index (Phi) is 4.64. The molecule has 5 nitrogen and oxygen atoms in total. The van der Waals surface area contributed by atoms with Crippen molar-refractivity contribution in [2.45, 2.75) is 39.2 Å². The van der Waals surface area contributed by atoms with Gasteiger partial charge in [-0.15, -0.1) is 0 Å². The van der Waals surface area contributed by atoms with Crippen LogP contribution in [0.15, 0.2) is 0 Å². The normalized spacial score (nSPS) is 35.6. The monoisotopic (exact) mass is 275 g/mol. The summed E-state index contributed by atoms with van der Waals surface area (Å²) in [7, 11) is -3.30. The lowest BCUT2D eigenvalue weighted by atomic mass is 9.78. The first-order valence-corrected chi connectivity index (χ1v) is 8.43. The molecule has 2 fully saturated rings. The Bertz CT molecular complexity index is 366. The molecule has 1 saturated carbocycles. The molecule has 0 bridgehead atoms. The molecule has 3 atom stereocenters. The van der Waals surface area contributed by atoms with E-state index in [0.717, 1.165) is 25.9 Å². The van der Waals surface area contributed by atoms with Crippen molar-refractivity contribution in [3.05, 3.63) is 0 Å². The fraction of sp³-hybridized carbons (Fsp3) is 1.00. The second kappa shape index (κ2) is 5.86. The quantitative estimate of drug-likeness (QED) is 0.791. The molecular formula is C12H25N3O2S. The third kappa shape index (κ3) is 3.23. The van der Waals surface area contributed by atoms with Crippen molar-refractivity contribution >= 4 is 10.2 Å². The highest BCUT2D eigenvalue weighted by Crippen LogP contribution is 2.30. The minimum atomic E-state index is -3.30. The van der Waals surface area contributed by atoms with Crippen LogP contribution in [0.3, 0.4) is 0 Å². The molecule has 0 amide bonds. The van der Waals surface area contributed by atoms with Gasteiger partial charge in [0.2, 0.25) is 0 Å². The molecule has 0 aromatic carbocycles. The fourth-order valence-corrected chi connectivity index (χ4v) is 4.43. The van der Waals surface area contributed by atoms with Crippen LogP contribution in [-0.4, -0.2) is 44.9 Å². The van der Waals surface area contributed by atoms with Gasteiger partial charge in [-0.2, -0.15) is 17.4 Å². The van der Waals surface area contributed by atoms with Crippen molar-refractivity contribution in [2.75, 3.05) is 26.2 Å². The second-order valence-electron chi connectivity index (χ2n) is 5.65. The number of hydrogen-bond acceptors (Lipinski definition) is 3. The van der Waals surface area contributed by atoms with Crippen LogP contribution in [0.4, 0.5) is 0 Å². The summed E-state index contributed by atoms with van der Waals surface area (Å²) in [5.41, 5.74) is 0. The summed E-state index contributed by atoms with van der Waals surface area (Å²) in [6.07, 6.45) is 3.31. The topological polar surface area (TPSA) is 61.4 Å². The average Bonchev–Trinajstić information content (AvgIpc) is 2.36. The van der Waals surface area contributed by atoms with Crippen LogP contribution in [0, 0.1) is 11.8 Å². The summed E-state index contributed by atoms with van der Waals surface area (Å²) in [4.78, 5) is 0. The van der Waals surface area contributed by atoms with Crippen LogP contribution in [0.1, 0.15) is 33.1 Å². The van der Waals surface area contributed by atoms with Crippen molar-refractivity contribution in [3.8, 4) is 0 Å². The largest absolute Gasteiger partial charge is 0.314 e. The number of hydrogen-bond donors (Lipinski definition) is 2. The van der Waals surface area contributed by atoms with E-state index in [4.69, 9.17) is 0 Å². The van der Waals surface area contributed by atoms with Gasteiger partial charge in [-0.25, -0.2) is 0 Å². The van der Waals surface area contributed by atoms with Crippen molar-refractivity contribution in [1.82, 2.24) is 14.3 Å². The lowest BCUT2D eigenvalue weighted by Gasteiger charge is -2.36. The van der Waals surface area contributed by atoms with Gasteiger partial charge in [0.15, 0.2) is 0 Å². The summed E-state index contributed by atoms with van der Waals surface area (Å²) >= 11 is 0. The van der Waals surface area contributed by atoms with E-state index in [0.29, 0.717) is 24.9 Å². The van der Waals surface area contributed by atoms with Gasteiger partial charge in [-0.3, -0.25) is 0 Å². The molecule has 1 saturated heterocycles. The third-order valence-electron chi connectivity index (χ3n) is 4.42. The highest BCUT2D eigenvalue weighted by Gasteiger charge is 2.32. The molecular weight excluding hydrogens is 250 g/mol. The maximum atomic E-state index is 12.3. The molecule has 2 aliphatic rings. The first-order valence-electron chi connectivity index (χ1n) is 6.99. The Hall–Kier alpha value is -0.170. The molecule has 2 N–H and O–H groups in total. The SMILES string of the molecule is CC1CCCC(NS(=O)(=O)N2CCNCC2)C1C. The number of rotatable bonds is 3. The summed E-state index contributed by atoms with van der Waals surface area (Å²) in [5, 5.41) is 3.17. The van der Waals surface area contributed by atoms with E-state index < -0.39 is 10.2 Å². The number of piperazine rings is 1. The van der Waals surface area contributed by atoms with Crippen molar-refractivity contribution in [2.24, 2.45) is 11.8 Å². The minimum absolute atomic E-state index is 0.105. The molecule has 0 aromatic rings. The van der Waals surface area contributed by atoms with E-state index in [1.807, 2.05) is 0 Å². The van der Waals surface area contributed by atoms with Crippen molar-refractivity contribution in [1.29, 1.82) is 0 Å². The highest BCUT2D eigenvalue weighted by atomic mass is 32.2. The summed E-state index contributed by atoms with van der Waals surface area (Å²) in [6, 6.07) is 0.105. The van der Waals surface area contributed by atoms with E-state index in [-0.39, 0.29) is 6.04 Å². The van der Waals surface area contributed by atoms with Crippen LogP contribution in [0.5, 0.6) is 0 Å². The summed E-state index contributed by atoms with van der Waals surface area (Å²) < 4.78 is 29.1. The first kappa shape index (κ1) is 14.2. The van der Waals surface area contributed by atoms with E-state index in [9.17, 15) is 8.42 Å². The Morgan fingerprint density at radius 3 is 2.50 bits per heavy atom. The Balaban J connectivity index is 1.98. The lowest BCUT2D eigenvalue weighted by molar-refractivity contribution is 0.222. The van der Waals surface area contributed by atoms with Gasteiger partial charge in [-0.1, -0.05) is 26.7 Å². The van der Waals surface area contributed by atoms with Gasteiger partial charge >= 0.3 is 0 Å². The number of nitrogens with zero attached hydrogens (tertiary/aromatic N) is 1. The average molecular weight is 275 g/mol. The number of nitrogens with one attached hydrogen (secondary N) is 2. The minimum Gasteiger partial charge on any atom is -0.314 e. The zero-order valence-corrected chi connectivity index (χ0v) is 12.2. The molecule has 0 radical (unpaired) electrons. The molecule has 1 aliphatic carbocycles. The van der Waals surface area contributed by atoms with Crippen LogP contribution in [0.25, 0.3) is 0 Å². The van der Waals surface area contributed by atoms with Crippen LogP contribution >= 0.6 is 0 Å². The molecule has 106 valence electrons. The standard InChI is InChI=1S/C12H25N3O2S/c1-10-4-3-5-12(11(10)2)14-18(16,17)15-8-6-13-7-9-15/h10-14H,3-9H2,1-2H3. The Morgan fingerprint density at radius 1 is 1.17 bits per heavy atom.